The van der Waals surface area contributed by atoms with Crippen LogP contribution in [0.25, 0.3) is 0 Å². The highest BCUT2D eigenvalue weighted by molar-refractivity contribution is 14.0. The molecule has 0 bridgehead atoms. The molecule has 1 aromatic rings. The number of carbonyl (C=O) groups is 1. The first kappa shape index (κ1) is 24.2. The molecule has 0 saturated heterocycles. The SMILES string of the molecule is COCCNC(=NCC(=O)N(C)C)N(C)Cc1ccc(Cl)c(Cl)c1.I. The van der Waals surface area contributed by atoms with E-state index in [4.69, 9.17) is 27.9 Å². The Morgan fingerprint density at radius 3 is 2.48 bits per heavy atom. The van der Waals surface area contributed by atoms with E-state index in [0.717, 1.165) is 5.56 Å². The van der Waals surface area contributed by atoms with Crippen LogP contribution in [-0.2, 0) is 16.1 Å². The van der Waals surface area contributed by atoms with Gasteiger partial charge >= 0.3 is 0 Å². The average Bonchev–Trinajstić information content (AvgIpc) is 2.53. The number of ether oxygens (including phenoxy) is 1. The van der Waals surface area contributed by atoms with Crippen LogP contribution in [0.1, 0.15) is 5.56 Å². The molecule has 142 valence electrons. The second-order valence-corrected chi connectivity index (χ2v) is 6.27. The summed E-state index contributed by atoms with van der Waals surface area (Å²) in [7, 11) is 6.93. The maximum absolute atomic E-state index is 11.8. The number of carbonyl (C=O) groups excluding carboxylic acids is 1. The van der Waals surface area contributed by atoms with Gasteiger partial charge in [-0.2, -0.15) is 0 Å². The molecule has 1 amide bonds. The molecule has 6 nitrogen and oxygen atoms in total. The van der Waals surface area contributed by atoms with Gasteiger partial charge in [-0.15, -0.1) is 24.0 Å². The minimum absolute atomic E-state index is 0. The van der Waals surface area contributed by atoms with Crippen LogP contribution in [0.15, 0.2) is 23.2 Å². The Labute approximate surface area is 176 Å². The Hall–Kier alpha value is -0.770. The van der Waals surface area contributed by atoms with E-state index in [0.29, 0.717) is 35.7 Å². The van der Waals surface area contributed by atoms with Gasteiger partial charge in [-0.25, -0.2) is 4.99 Å². The van der Waals surface area contributed by atoms with E-state index in [1.807, 2.05) is 24.1 Å². The Morgan fingerprint density at radius 1 is 1.24 bits per heavy atom. The average molecular weight is 503 g/mol. The monoisotopic (exact) mass is 502 g/mol. The number of amides is 1. The molecule has 0 heterocycles. The summed E-state index contributed by atoms with van der Waals surface area (Å²) in [5, 5.41) is 4.21. The lowest BCUT2D eigenvalue weighted by atomic mass is 10.2. The molecular formula is C16H25Cl2IN4O2. The predicted octanol–water partition coefficient (Wildman–Crippen LogP) is 2.72. The number of rotatable bonds is 7. The highest BCUT2D eigenvalue weighted by Gasteiger charge is 2.10. The summed E-state index contributed by atoms with van der Waals surface area (Å²) in [4.78, 5) is 19.6. The third kappa shape index (κ3) is 8.94. The van der Waals surface area contributed by atoms with Gasteiger partial charge in [-0.3, -0.25) is 4.79 Å². The van der Waals surface area contributed by atoms with Crippen LogP contribution >= 0.6 is 47.2 Å². The van der Waals surface area contributed by atoms with Crippen LogP contribution in [0, 0.1) is 0 Å². The number of guanidine groups is 1. The van der Waals surface area contributed by atoms with Crippen LogP contribution in [0.3, 0.4) is 0 Å². The number of hydrogen-bond acceptors (Lipinski definition) is 3. The molecule has 0 aromatic heterocycles. The largest absolute Gasteiger partial charge is 0.383 e. The molecule has 0 atom stereocenters. The molecule has 0 aliphatic heterocycles. The van der Waals surface area contributed by atoms with Gasteiger partial charge in [0.15, 0.2) is 5.96 Å². The van der Waals surface area contributed by atoms with E-state index in [1.165, 1.54) is 4.90 Å². The number of nitrogens with zero attached hydrogens (tertiary/aromatic N) is 3. The number of benzene rings is 1. The third-order valence-electron chi connectivity index (χ3n) is 3.22. The van der Waals surface area contributed by atoms with Gasteiger partial charge in [-0.05, 0) is 17.7 Å². The molecule has 0 radical (unpaired) electrons. The molecule has 0 saturated carbocycles. The zero-order valence-corrected chi connectivity index (χ0v) is 18.7. The van der Waals surface area contributed by atoms with Gasteiger partial charge in [-0.1, -0.05) is 29.3 Å². The number of aliphatic imine (C=N–C) groups is 1. The fourth-order valence-corrected chi connectivity index (χ4v) is 2.17. The smallest absolute Gasteiger partial charge is 0.243 e. The highest BCUT2D eigenvalue weighted by atomic mass is 127. The molecule has 1 N–H and O–H groups in total. The van der Waals surface area contributed by atoms with Crippen LogP contribution in [0.5, 0.6) is 0 Å². The lowest BCUT2D eigenvalue weighted by Gasteiger charge is -2.23. The Morgan fingerprint density at radius 2 is 1.92 bits per heavy atom. The molecule has 0 fully saturated rings. The van der Waals surface area contributed by atoms with Gasteiger partial charge < -0.3 is 19.9 Å². The summed E-state index contributed by atoms with van der Waals surface area (Å²) in [6.45, 7) is 1.79. The van der Waals surface area contributed by atoms with Crippen molar-refractivity contribution >= 4 is 59.0 Å². The van der Waals surface area contributed by atoms with Crippen molar-refractivity contribution in [3.63, 3.8) is 0 Å². The van der Waals surface area contributed by atoms with Gasteiger partial charge in [0.25, 0.3) is 0 Å². The lowest BCUT2D eigenvalue weighted by molar-refractivity contribution is -0.127. The summed E-state index contributed by atoms with van der Waals surface area (Å²) in [6, 6.07) is 5.48. The Balaban J connectivity index is 0.00000576. The van der Waals surface area contributed by atoms with Crippen molar-refractivity contribution in [3.05, 3.63) is 33.8 Å². The van der Waals surface area contributed by atoms with E-state index < -0.39 is 0 Å². The molecule has 1 rings (SSSR count). The first-order valence-electron chi connectivity index (χ1n) is 7.47. The van der Waals surface area contributed by atoms with E-state index in [2.05, 4.69) is 10.3 Å². The van der Waals surface area contributed by atoms with Crippen LogP contribution < -0.4 is 5.32 Å². The van der Waals surface area contributed by atoms with Crippen LogP contribution in [0.2, 0.25) is 10.0 Å². The zero-order chi connectivity index (χ0) is 18.1. The van der Waals surface area contributed by atoms with Gasteiger partial charge in [0.05, 0.1) is 16.7 Å². The predicted molar refractivity (Wildman–Crippen MR) is 114 cm³/mol. The first-order valence-corrected chi connectivity index (χ1v) is 8.23. The summed E-state index contributed by atoms with van der Waals surface area (Å²) in [5.74, 6) is 0.553. The minimum Gasteiger partial charge on any atom is -0.383 e. The van der Waals surface area contributed by atoms with Crippen molar-refractivity contribution < 1.29 is 9.53 Å². The fraction of sp³-hybridized carbons (Fsp3) is 0.500. The Bertz CT molecular complexity index is 585. The van der Waals surface area contributed by atoms with Crippen LogP contribution in [0.4, 0.5) is 0 Å². The second kappa shape index (κ2) is 12.6. The van der Waals surface area contributed by atoms with Crippen molar-refractivity contribution in [2.75, 3.05) is 47.9 Å². The van der Waals surface area contributed by atoms with Gasteiger partial charge in [0.1, 0.15) is 6.54 Å². The van der Waals surface area contributed by atoms with Crippen molar-refractivity contribution in [3.8, 4) is 0 Å². The highest BCUT2D eigenvalue weighted by Crippen LogP contribution is 2.23. The standard InChI is InChI=1S/C16H24Cl2N4O2.HI/c1-21(2)15(23)10-20-16(19-7-8-24-4)22(3)11-12-5-6-13(17)14(18)9-12;/h5-6,9H,7-8,10-11H2,1-4H3,(H,19,20);1H. The zero-order valence-electron chi connectivity index (χ0n) is 14.9. The molecule has 1 aromatic carbocycles. The minimum atomic E-state index is -0.0658. The molecule has 0 spiro atoms. The molecule has 25 heavy (non-hydrogen) atoms. The number of nitrogens with one attached hydrogen (secondary N) is 1. The first-order chi connectivity index (χ1) is 11.3. The summed E-state index contributed by atoms with van der Waals surface area (Å²) in [6.07, 6.45) is 0. The number of likely N-dealkylation sites (N-methyl/N-ethyl adjacent to an activating group) is 1. The number of hydrogen-bond donors (Lipinski definition) is 1. The maximum Gasteiger partial charge on any atom is 0.243 e. The summed E-state index contributed by atoms with van der Waals surface area (Å²) < 4.78 is 5.04. The molecule has 9 heteroatoms. The molecule has 0 aliphatic rings. The third-order valence-corrected chi connectivity index (χ3v) is 3.96. The van der Waals surface area contributed by atoms with Gasteiger partial charge in [0, 0.05) is 41.3 Å². The topological polar surface area (TPSA) is 57.2 Å². The normalized spacial score (nSPS) is 10.9. The molecule has 0 aliphatic carbocycles. The van der Waals surface area contributed by atoms with E-state index in [-0.39, 0.29) is 36.4 Å². The maximum atomic E-state index is 11.8. The molecule has 0 unspecified atom stereocenters. The van der Waals surface area contributed by atoms with Crippen molar-refractivity contribution in [2.45, 2.75) is 6.54 Å². The number of halogens is 3. The van der Waals surface area contributed by atoms with Crippen LogP contribution in [-0.4, -0.2) is 69.6 Å². The van der Waals surface area contributed by atoms with E-state index in [1.54, 1.807) is 27.3 Å². The Kier molecular flexibility index (Phi) is 12.2. The number of methoxy groups -OCH3 is 1. The molecular weight excluding hydrogens is 478 g/mol. The second-order valence-electron chi connectivity index (χ2n) is 5.45. The fourth-order valence-electron chi connectivity index (χ4n) is 1.85. The van der Waals surface area contributed by atoms with Crippen molar-refractivity contribution in [2.24, 2.45) is 4.99 Å². The van der Waals surface area contributed by atoms with E-state index in [9.17, 15) is 4.79 Å². The van der Waals surface area contributed by atoms with E-state index >= 15 is 0 Å². The summed E-state index contributed by atoms with van der Waals surface area (Å²) >= 11 is 12.0. The lowest BCUT2D eigenvalue weighted by Crippen LogP contribution is -2.41. The quantitative estimate of drug-likeness (QED) is 0.269. The van der Waals surface area contributed by atoms with Crippen molar-refractivity contribution in [1.29, 1.82) is 0 Å². The summed E-state index contributed by atoms with van der Waals surface area (Å²) in [5.41, 5.74) is 0.993. The van der Waals surface area contributed by atoms with Crippen molar-refractivity contribution in [1.82, 2.24) is 15.1 Å². The van der Waals surface area contributed by atoms with Gasteiger partial charge in [0.2, 0.25) is 5.91 Å².